The van der Waals surface area contributed by atoms with Crippen molar-refractivity contribution in [3.63, 3.8) is 0 Å². The Bertz CT molecular complexity index is 1160. The number of fused-ring (bicyclic) bond motifs is 4. The summed E-state index contributed by atoms with van der Waals surface area (Å²) in [6.45, 7) is 4.41. The third kappa shape index (κ3) is 2.35. The van der Waals surface area contributed by atoms with Crippen LogP contribution in [0.2, 0.25) is 0 Å². The fourth-order valence-electron chi connectivity index (χ4n) is 5.03. The lowest BCUT2D eigenvalue weighted by Gasteiger charge is -2.30. The molecular weight excluding hydrogens is 426 g/mol. The summed E-state index contributed by atoms with van der Waals surface area (Å²) < 4.78 is 1.07. The zero-order valence-electron chi connectivity index (χ0n) is 16.3. The fourth-order valence-corrected chi connectivity index (χ4v) is 5.39. The van der Waals surface area contributed by atoms with E-state index >= 15 is 0 Å². The van der Waals surface area contributed by atoms with Crippen LogP contribution >= 0.6 is 15.9 Å². The van der Waals surface area contributed by atoms with E-state index < -0.39 is 0 Å². The number of amides is 2. The first-order valence-electron chi connectivity index (χ1n) is 9.94. The molecule has 29 heavy (non-hydrogen) atoms. The normalized spacial score (nSPS) is 16.0. The van der Waals surface area contributed by atoms with Gasteiger partial charge in [0.05, 0.1) is 16.8 Å². The Hall–Kier alpha value is -2.72. The number of carbonyl (C=O) groups is 2. The van der Waals surface area contributed by atoms with E-state index in [-0.39, 0.29) is 17.2 Å². The van der Waals surface area contributed by atoms with Crippen molar-refractivity contribution in [2.75, 3.05) is 4.90 Å². The molecule has 2 aliphatic rings. The van der Waals surface area contributed by atoms with E-state index in [2.05, 4.69) is 60.1 Å². The van der Waals surface area contributed by atoms with Gasteiger partial charge >= 0.3 is 0 Å². The summed E-state index contributed by atoms with van der Waals surface area (Å²) in [5.74, 6) is -0.496. The van der Waals surface area contributed by atoms with E-state index in [0.29, 0.717) is 16.8 Å². The molecule has 144 valence electrons. The van der Waals surface area contributed by atoms with Crippen LogP contribution in [0, 0.1) is 0 Å². The highest BCUT2D eigenvalue weighted by atomic mass is 79.9. The maximum absolute atomic E-state index is 13.0. The predicted octanol–water partition coefficient (Wildman–Crippen LogP) is 6.34. The zero-order chi connectivity index (χ0) is 20.3. The number of benzene rings is 3. The third-order valence-corrected chi connectivity index (χ3v) is 7.06. The van der Waals surface area contributed by atoms with Gasteiger partial charge in [-0.3, -0.25) is 9.59 Å². The average Bonchev–Trinajstić information content (AvgIpc) is 3.16. The van der Waals surface area contributed by atoms with Gasteiger partial charge in [0, 0.05) is 9.89 Å². The van der Waals surface area contributed by atoms with Crippen LogP contribution in [0.4, 0.5) is 5.69 Å². The first-order valence-corrected chi connectivity index (χ1v) is 10.7. The Morgan fingerprint density at radius 2 is 1.31 bits per heavy atom. The van der Waals surface area contributed by atoms with Crippen molar-refractivity contribution < 1.29 is 9.59 Å². The van der Waals surface area contributed by atoms with Gasteiger partial charge in [-0.15, -0.1) is 0 Å². The average molecular weight is 446 g/mol. The van der Waals surface area contributed by atoms with Crippen molar-refractivity contribution in [1.29, 1.82) is 0 Å². The molecule has 2 amide bonds. The van der Waals surface area contributed by atoms with Crippen molar-refractivity contribution in [1.82, 2.24) is 0 Å². The SMILES string of the molecule is CCC1(CC)c2cc(Br)ccc2-c2ccc(N3C(=O)c4ccccc4C3=O)cc21. The van der Waals surface area contributed by atoms with Gasteiger partial charge in [-0.25, -0.2) is 4.90 Å². The molecule has 0 unspecified atom stereocenters. The Balaban J connectivity index is 1.69. The summed E-state index contributed by atoms with van der Waals surface area (Å²) in [6, 6.07) is 19.5. The second-order valence-corrected chi connectivity index (χ2v) is 8.62. The standard InChI is InChI=1S/C25H20BrNO2/c1-3-25(4-2)21-13-15(26)9-11-17(21)18-12-10-16(14-22(18)25)27-23(28)19-7-5-6-8-20(19)24(27)29/h5-14H,3-4H2,1-2H3. The maximum Gasteiger partial charge on any atom is 0.266 e. The molecule has 0 N–H and O–H groups in total. The molecule has 0 saturated heterocycles. The molecule has 1 heterocycles. The summed E-state index contributed by atoms with van der Waals surface area (Å²) in [4.78, 5) is 27.3. The summed E-state index contributed by atoms with van der Waals surface area (Å²) >= 11 is 3.62. The number of anilines is 1. The molecule has 1 aliphatic heterocycles. The molecule has 0 atom stereocenters. The van der Waals surface area contributed by atoms with Crippen molar-refractivity contribution in [2.45, 2.75) is 32.1 Å². The van der Waals surface area contributed by atoms with Gasteiger partial charge in [0.1, 0.15) is 0 Å². The first kappa shape index (κ1) is 18.3. The van der Waals surface area contributed by atoms with Crippen molar-refractivity contribution in [3.8, 4) is 11.1 Å². The molecule has 0 radical (unpaired) electrons. The lowest BCUT2D eigenvalue weighted by Crippen LogP contribution is -2.30. The van der Waals surface area contributed by atoms with Gasteiger partial charge in [0.25, 0.3) is 11.8 Å². The summed E-state index contributed by atoms with van der Waals surface area (Å²) in [7, 11) is 0. The molecule has 0 spiro atoms. The van der Waals surface area contributed by atoms with Gasteiger partial charge in [-0.2, -0.15) is 0 Å². The van der Waals surface area contributed by atoms with Gasteiger partial charge < -0.3 is 0 Å². The smallest absolute Gasteiger partial charge is 0.266 e. The zero-order valence-corrected chi connectivity index (χ0v) is 17.9. The van der Waals surface area contributed by atoms with Crippen LogP contribution in [0.3, 0.4) is 0 Å². The maximum atomic E-state index is 13.0. The molecule has 0 bridgehead atoms. The van der Waals surface area contributed by atoms with Crippen LogP contribution in [0.25, 0.3) is 11.1 Å². The molecule has 1 aliphatic carbocycles. The van der Waals surface area contributed by atoms with Crippen molar-refractivity contribution >= 4 is 33.4 Å². The second kappa shape index (κ2) is 6.39. The number of halogens is 1. The first-order chi connectivity index (χ1) is 14.0. The van der Waals surface area contributed by atoms with E-state index in [1.54, 1.807) is 24.3 Å². The van der Waals surface area contributed by atoms with Crippen LogP contribution in [0.5, 0.6) is 0 Å². The third-order valence-electron chi connectivity index (χ3n) is 6.57. The Morgan fingerprint density at radius 1 is 0.759 bits per heavy atom. The topological polar surface area (TPSA) is 37.4 Å². The lowest BCUT2D eigenvalue weighted by atomic mass is 9.74. The molecule has 3 aromatic carbocycles. The highest BCUT2D eigenvalue weighted by Crippen LogP contribution is 2.54. The van der Waals surface area contributed by atoms with Gasteiger partial charge in [0.15, 0.2) is 0 Å². The number of imide groups is 1. The quantitative estimate of drug-likeness (QED) is 0.441. The van der Waals surface area contributed by atoms with E-state index in [1.807, 2.05) is 6.07 Å². The minimum Gasteiger partial charge on any atom is -0.268 e. The van der Waals surface area contributed by atoms with Crippen LogP contribution < -0.4 is 4.90 Å². The molecule has 5 rings (SSSR count). The van der Waals surface area contributed by atoms with Crippen LogP contribution in [-0.2, 0) is 5.41 Å². The van der Waals surface area contributed by atoms with Crippen LogP contribution in [0.1, 0.15) is 58.5 Å². The Kier molecular flexibility index (Phi) is 4.04. The Morgan fingerprint density at radius 3 is 1.90 bits per heavy atom. The number of carbonyl (C=O) groups excluding carboxylic acids is 2. The van der Waals surface area contributed by atoms with Crippen molar-refractivity contribution in [2.24, 2.45) is 0 Å². The van der Waals surface area contributed by atoms with Gasteiger partial charge in [-0.05, 0) is 71.5 Å². The van der Waals surface area contributed by atoms with Crippen LogP contribution in [0.15, 0.2) is 65.1 Å². The minimum absolute atomic E-state index is 0.122. The minimum atomic E-state index is -0.248. The number of hydrogen-bond donors (Lipinski definition) is 0. The van der Waals surface area contributed by atoms with Crippen LogP contribution in [-0.4, -0.2) is 11.8 Å². The van der Waals surface area contributed by atoms with Gasteiger partial charge in [-0.1, -0.05) is 54.0 Å². The lowest BCUT2D eigenvalue weighted by molar-refractivity contribution is 0.0926. The van der Waals surface area contributed by atoms with Gasteiger partial charge in [0.2, 0.25) is 0 Å². The summed E-state index contributed by atoms with van der Waals surface area (Å²) in [5.41, 5.74) is 6.41. The molecule has 0 fully saturated rings. The number of hydrogen-bond acceptors (Lipinski definition) is 2. The fraction of sp³-hybridized carbons (Fsp3) is 0.200. The van der Waals surface area contributed by atoms with E-state index in [9.17, 15) is 9.59 Å². The molecule has 4 heteroatoms. The molecular formula is C25H20BrNO2. The predicted molar refractivity (Wildman–Crippen MR) is 119 cm³/mol. The van der Waals surface area contributed by atoms with E-state index in [4.69, 9.17) is 0 Å². The molecule has 3 aromatic rings. The number of rotatable bonds is 3. The highest BCUT2D eigenvalue weighted by molar-refractivity contribution is 9.10. The monoisotopic (exact) mass is 445 g/mol. The summed E-state index contributed by atoms with van der Waals surface area (Å²) in [6.07, 6.45) is 1.90. The molecule has 0 aromatic heterocycles. The molecule has 3 nitrogen and oxygen atoms in total. The molecule has 0 saturated carbocycles. The number of nitrogens with zero attached hydrogens (tertiary/aromatic N) is 1. The highest BCUT2D eigenvalue weighted by Gasteiger charge is 2.42. The Labute approximate surface area is 178 Å². The summed E-state index contributed by atoms with van der Waals surface area (Å²) in [5, 5.41) is 0. The largest absolute Gasteiger partial charge is 0.268 e. The second-order valence-electron chi connectivity index (χ2n) is 7.70. The van der Waals surface area contributed by atoms with E-state index in [1.165, 1.54) is 27.2 Å². The van der Waals surface area contributed by atoms with E-state index in [0.717, 1.165) is 17.3 Å². The van der Waals surface area contributed by atoms with Crippen molar-refractivity contribution in [3.05, 3.63) is 87.4 Å².